The number of benzene rings is 2. The summed E-state index contributed by atoms with van der Waals surface area (Å²) in [6.07, 6.45) is 0. The highest BCUT2D eigenvalue weighted by atomic mass is 16.4. The Morgan fingerprint density at radius 2 is 1.21 bits per heavy atom. The van der Waals surface area contributed by atoms with Crippen LogP contribution in [0.1, 0.15) is 52.7 Å². The lowest BCUT2D eigenvalue weighted by molar-refractivity contribution is -0.139. The first-order valence-corrected chi connectivity index (χ1v) is 7.51. The molecule has 0 spiro atoms. The van der Waals surface area contributed by atoms with Gasteiger partial charge in [0.1, 0.15) is 0 Å². The molecule has 0 bridgehead atoms. The Morgan fingerprint density at radius 3 is 1.62 bits per heavy atom. The molecule has 0 amide bonds. The maximum atomic E-state index is 12.6. The van der Waals surface area contributed by atoms with Crippen LogP contribution < -0.4 is 0 Å². The fourth-order valence-corrected chi connectivity index (χ4v) is 2.35. The van der Waals surface area contributed by atoms with E-state index in [1.807, 2.05) is 0 Å². The molecular formula is C19H18O5. The SMILES string of the molecule is CC(C(=O)O)c1cc(C(=O)c2ccccc2)cc(C(C)C(=O)O)c1. The topological polar surface area (TPSA) is 91.7 Å². The summed E-state index contributed by atoms with van der Waals surface area (Å²) in [4.78, 5) is 35.2. The van der Waals surface area contributed by atoms with Gasteiger partial charge in [-0.15, -0.1) is 0 Å². The number of hydrogen-bond donors (Lipinski definition) is 2. The van der Waals surface area contributed by atoms with Crippen molar-refractivity contribution in [1.82, 2.24) is 0 Å². The molecule has 2 aromatic rings. The van der Waals surface area contributed by atoms with Gasteiger partial charge in [-0.1, -0.05) is 36.4 Å². The van der Waals surface area contributed by atoms with E-state index in [4.69, 9.17) is 0 Å². The Kier molecular flexibility index (Phi) is 5.14. The summed E-state index contributed by atoms with van der Waals surface area (Å²) in [5.74, 6) is -4.02. The Morgan fingerprint density at radius 1 is 0.750 bits per heavy atom. The molecule has 2 unspecified atom stereocenters. The van der Waals surface area contributed by atoms with Crippen LogP contribution in [0.2, 0.25) is 0 Å². The largest absolute Gasteiger partial charge is 0.481 e. The molecule has 0 fully saturated rings. The fraction of sp³-hybridized carbons (Fsp3) is 0.211. The normalized spacial score (nSPS) is 13.1. The number of carboxylic acid groups (broad SMARTS) is 2. The Bertz CT molecular complexity index is 741. The number of hydrogen-bond acceptors (Lipinski definition) is 3. The summed E-state index contributed by atoms with van der Waals surface area (Å²) in [6, 6.07) is 13.2. The van der Waals surface area contributed by atoms with Crippen molar-refractivity contribution in [1.29, 1.82) is 0 Å². The monoisotopic (exact) mass is 326 g/mol. The van der Waals surface area contributed by atoms with Gasteiger partial charge in [-0.05, 0) is 37.1 Å². The second-order valence-corrected chi connectivity index (χ2v) is 5.70. The highest BCUT2D eigenvalue weighted by molar-refractivity contribution is 6.09. The fourth-order valence-electron chi connectivity index (χ4n) is 2.35. The Balaban J connectivity index is 2.56. The first kappa shape index (κ1) is 17.4. The average Bonchev–Trinajstić information content (AvgIpc) is 2.59. The molecule has 24 heavy (non-hydrogen) atoms. The van der Waals surface area contributed by atoms with Crippen LogP contribution in [-0.4, -0.2) is 27.9 Å². The molecule has 0 saturated heterocycles. The Hall–Kier alpha value is -2.95. The summed E-state index contributed by atoms with van der Waals surface area (Å²) >= 11 is 0. The van der Waals surface area contributed by atoms with Crippen LogP contribution in [0.4, 0.5) is 0 Å². The van der Waals surface area contributed by atoms with Gasteiger partial charge in [0.25, 0.3) is 0 Å². The molecule has 0 aliphatic carbocycles. The second-order valence-electron chi connectivity index (χ2n) is 5.70. The minimum atomic E-state index is -1.03. The molecule has 0 aliphatic rings. The van der Waals surface area contributed by atoms with Crippen molar-refractivity contribution < 1.29 is 24.6 Å². The predicted molar refractivity (Wildman–Crippen MR) is 88.4 cm³/mol. The van der Waals surface area contributed by atoms with Crippen LogP contribution in [0.5, 0.6) is 0 Å². The van der Waals surface area contributed by atoms with Crippen molar-refractivity contribution in [3.05, 3.63) is 70.8 Å². The van der Waals surface area contributed by atoms with E-state index in [-0.39, 0.29) is 11.3 Å². The van der Waals surface area contributed by atoms with Crippen LogP contribution in [0.15, 0.2) is 48.5 Å². The third-order valence-electron chi connectivity index (χ3n) is 4.02. The van der Waals surface area contributed by atoms with Crippen molar-refractivity contribution >= 4 is 17.7 Å². The van der Waals surface area contributed by atoms with Gasteiger partial charge in [0, 0.05) is 11.1 Å². The van der Waals surface area contributed by atoms with Crippen LogP contribution in [-0.2, 0) is 9.59 Å². The van der Waals surface area contributed by atoms with E-state index < -0.39 is 23.8 Å². The first-order valence-electron chi connectivity index (χ1n) is 7.51. The van der Waals surface area contributed by atoms with Crippen LogP contribution in [0.3, 0.4) is 0 Å². The lowest BCUT2D eigenvalue weighted by atomic mass is 9.89. The van der Waals surface area contributed by atoms with Gasteiger partial charge < -0.3 is 10.2 Å². The van der Waals surface area contributed by atoms with Gasteiger partial charge in [0.05, 0.1) is 11.8 Å². The zero-order valence-electron chi connectivity index (χ0n) is 13.4. The molecule has 0 aliphatic heterocycles. The standard InChI is InChI=1S/C19H18O5/c1-11(18(21)22)14-8-15(12(2)19(23)24)10-16(9-14)17(20)13-6-4-3-5-7-13/h3-12H,1-2H3,(H,21,22)(H,23,24). The van der Waals surface area contributed by atoms with Gasteiger partial charge >= 0.3 is 11.9 Å². The van der Waals surface area contributed by atoms with Gasteiger partial charge in [-0.3, -0.25) is 14.4 Å². The molecule has 5 heteroatoms. The van der Waals surface area contributed by atoms with Crippen molar-refractivity contribution in [3.8, 4) is 0 Å². The van der Waals surface area contributed by atoms with E-state index in [1.165, 1.54) is 26.0 Å². The molecule has 124 valence electrons. The molecule has 0 radical (unpaired) electrons. The number of aliphatic carboxylic acids is 2. The highest BCUT2D eigenvalue weighted by Crippen LogP contribution is 2.26. The number of rotatable bonds is 6. The van der Waals surface area contributed by atoms with Crippen molar-refractivity contribution in [2.75, 3.05) is 0 Å². The average molecular weight is 326 g/mol. The lowest BCUT2D eigenvalue weighted by Crippen LogP contribution is -2.13. The molecule has 2 aromatic carbocycles. The molecule has 0 saturated carbocycles. The third-order valence-corrected chi connectivity index (χ3v) is 4.02. The van der Waals surface area contributed by atoms with Crippen LogP contribution in [0.25, 0.3) is 0 Å². The van der Waals surface area contributed by atoms with E-state index in [0.717, 1.165) is 0 Å². The minimum Gasteiger partial charge on any atom is -0.481 e. The molecule has 5 nitrogen and oxygen atoms in total. The smallest absolute Gasteiger partial charge is 0.310 e. The predicted octanol–water partition coefficient (Wildman–Crippen LogP) is 3.29. The molecule has 0 aromatic heterocycles. The van der Waals surface area contributed by atoms with E-state index in [0.29, 0.717) is 16.7 Å². The van der Waals surface area contributed by atoms with E-state index in [2.05, 4.69) is 0 Å². The lowest BCUT2D eigenvalue weighted by Gasteiger charge is -2.14. The zero-order chi connectivity index (χ0) is 17.9. The van der Waals surface area contributed by atoms with E-state index >= 15 is 0 Å². The molecule has 2 N–H and O–H groups in total. The van der Waals surface area contributed by atoms with Gasteiger partial charge in [0.15, 0.2) is 5.78 Å². The maximum Gasteiger partial charge on any atom is 0.310 e. The first-order chi connectivity index (χ1) is 11.3. The van der Waals surface area contributed by atoms with Gasteiger partial charge in [0.2, 0.25) is 0 Å². The summed E-state index contributed by atoms with van der Waals surface area (Å²) in [5.41, 5.74) is 1.57. The van der Waals surface area contributed by atoms with E-state index in [1.54, 1.807) is 36.4 Å². The number of carboxylic acids is 2. The summed E-state index contributed by atoms with van der Waals surface area (Å²) < 4.78 is 0. The van der Waals surface area contributed by atoms with Gasteiger partial charge in [-0.2, -0.15) is 0 Å². The number of carbonyl (C=O) groups excluding carboxylic acids is 1. The molecular weight excluding hydrogens is 308 g/mol. The third kappa shape index (κ3) is 3.68. The van der Waals surface area contributed by atoms with Crippen molar-refractivity contribution in [3.63, 3.8) is 0 Å². The second kappa shape index (κ2) is 7.08. The van der Waals surface area contributed by atoms with Crippen LogP contribution >= 0.6 is 0 Å². The molecule has 2 atom stereocenters. The molecule has 0 heterocycles. The Labute approximate surface area is 139 Å². The number of ketones is 1. The number of carbonyl (C=O) groups is 3. The van der Waals surface area contributed by atoms with Crippen LogP contribution in [0, 0.1) is 0 Å². The molecule has 2 rings (SSSR count). The minimum absolute atomic E-state index is 0.270. The zero-order valence-corrected chi connectivity index (χ0v) is 13.4. The quantitative estimate of drug-likeness (QED) is 0.795. The maximum absolute atomic E-state index is 12.6. The summed E-state index contributed by atoms with van der Waals surface area (Å²) in [6.45, 7) is 3.01. The summed E-state index contributed by atoms with van der Waals surface area (Å²) in [5, 5.41) is 18.4. The van der Waals surface area contributed by atoms with Crippen molar-refractivity contribution in [2.24, 2.45) is 0 Å². The van der Waals surface area contributed by atoms with Gasteiger partial charge in [-0.25, -0.2) is 0 Å². The summed E-state index contributed by atoms with van der Waals surface area (Å²) in [7, 11) is 0. The van der Waals surface area contributed by atoms with Crippen molar-refractivity contribution in [2.45, 2.75) is 25.7 Å². The van der Waals surface area contributed by atoms with E-state index in [9.17, 15) is 24.6 Å². The highest BCUT2D eigenvalue weighted by Gasteiger charge is 2.22.